The second-order valence-electron chi connectivity index (χ2n) is 3.41. The van der Waals surface area contributed by atoms with Crippen molar-refractivity contribution in [1.29, 1.82) is 0 Å². The van der Waals surface area contributed by atoms with E-state index in [0.29, 0.717) is 0 Å². The summed E-state index contributed by atoms with van der Waals surface area (Å²) in [6.07, 6.45) is 12.7. The minimum absolute atomic E-state index is 0.942. The topological polar surface area (TPSA) is 9.14 Å². The third-order valence-electron chi connectivity index (χ3n) is 2.57. The highest BCUT2D eigenvalue weighted by atomic mass is 15.1. The number of aromatic nitrogens is 1. The highest BCUT2D eigenvalue weighted by molar-refractivity contribution is 5.57. The van der Waals surface area contributed by atoms with E-state index in [9.17, 15) is 0 Å². The van der Waals surface area contributed by atoms with E-state index in [1.807, 2.05) is 0 Å². The maximum Gasteiger partial charge on any atom is 0.234 e. The second kappa shape index (κ2) is 2.84. The van der Waals surface area contributed by atoms with Gasteiger partial charge in [0.1, 0.15) is 12.2 Å². The highest BCUT2D eigenvalue weighted by Crippen LogP contribution is 2.11. The van der Waals surface area contributed by atoms with E-state index in [1.54, 1.807) is 0 Å². The number of pyridine rings is 1. The molecule has 2 nitrogen and oxygen atoms in total. The van der Waals surface area contributed by atoms with E-state index in [4.69, 9.17) is 0 Å². The van der Waals surface area contributed by atoms with Gasteiger partial charge in [-0.2, -0.15) is 4.24 Å². The van der Waals surface area contributed by atoms with Crippen molar-refractivity contribution in [3.8, 4) is 0 Å². The van der Waals surface area contributed by atoms with Crippen molar-refractivity contribution in [2.45, 2.75) is 0 Å². The molecule has 0 saturated carbocycles. The molecule has 0 bridgehead atoms. The summed E-state index contributed by atoms with van der Waals surface area (Å²) in [4.78, 5) is 2.25. The van der Waals surface area contributed by atoms with Crippen LogP contribution in [0, 0.1) is 6.21 Å². The van der Waals surface area contributed by atoms with E-state index in [2.05, 4.69) is 64.2 Å². The lowest BCUT2D eigenvalue weighted by molar-refractivity contribution is -0.529. The molecule has 0 N–H and O–H groups in total. The molecule has 0 saturated heterocycles. The van der Waals surface area contributed by atoms with Gasteiger partial charge in [-0.1, -0.05) is 6.08 Å². The molecule has 68 valence electrons. The normalized spacial score (nSPS) is 17.4. The first-order valence-corrected chi connectivity index (χ1v) is 4.77. The van der Waals surface area contributed by atoms with Crippen LogP contribution in [0.15, 0.2) is 48.8 Å². The summed E-state index contributed by atoms with van der Waals surface area (Å²) >= 11 is 0. The van der Waals surface area contributed by atoms with Gasteiger partial charge in [-0.05, 0) is 18.2 Å². The molecule has 3 rings (SSSR count). The quantitative estimate of drug-likeness (QED) is 0.532. The Labute approximate surface area is 82.4 Å². The lowest BCUT2D eigenvalue weighted by atomic mass is 10.2. The Morgan fingerprint density at radius 3 is 3.21 bits per heavy atom. The first kappa shape index (κ1) is 7.56. The highest BCUT2D eigenvalue weighted by Gasteiger charge is 2.15. The van der Waals surface area contributed by atoms with Crippen LogP contribution in [0.1, 0.15) is 0 Å². The molecule has 2 heteroatoms. The van der Waals surface area contributed by atoms with Gasteiger partial charge in [-0.25, -0.2) is 0 Å². The van der Waals surface area contributed by atoms with Crippen molar-refractivity contribution < 1.29 is 4.24 Å². The Balaban J connectivity index is 2.40. The number of nitrogens with zero attached hydrogens (tertiary/aromatic N) is 2. The summed E-state index contributed by atoms with van der Waals surface area (Å²) in [5, 5.41) is 1.25. The van der Waals surface area contributed by atoms with Crippen LogP contribution in [0.3, 0.4) is 0 Å². The molecule has 0 unspecified atom stereocenters. The fourth-order valence-electron chi connectivity index (χ4n) is 1.88. The molecular formula is C12H11N2+. The van der Waals surface area contributed by atoms with Gasteiger partial charge in [-0.3, -0.25) is 0 Å². The predicted octanol–water partition coefficient (Wildman–Crippen LogP) is 0.491. The molecule has 2 aliphatic heterocycles. The van der Waals surface area contributed by atoms with E-state index >= 15 is 0 Å². The number of allylic oxidation sites excluding steroid dienone is 2. The second-order valence-corrected chi connectivity index (χ2v) is 3.41. The number of hydrogen-bond acceptors (Lipinski definition) is 1. The minimum Gasteiger partial charge on any atom is -0.333 e. The van der Waals surface area contributed by atoms with E-state index in [-0.39, 0.29) is 0 Å². The van der Waals surface area contributed by atoms with Gasteiger partial charge in [0.15, 0.2) is 12.4 Å². The Bertz CT molecular complexity index is 538. The zero-order valence-electron chi connectivity index (χ0n) is 7.80. The Kier molecular flexibility index (Phi) is 1.53. The smallest absolute Gasteiger partial charge is 0.234 e. The van der Waals surface area contributed by atoms with Gasteiger partial charge in [0, 0.05) is 18.3 Å². The first-order valence-electron chi connectivity index (χ1n) is 4.77. The van der Waals surface area contributed by atoms with Gasteiger partial charge in [0.25, 0.3) is 0 Å². The van der Waals surface area contributed by atoms with Crippen LogP contribution < -0.4 is 9.59 Å². The van der Waals surface area contributed by atoms with Crippen molar-refractivity contribution in [2.75, 3.05) is 6.54 Å². The molecule has 0 aromatic carbocycles. The van der Waals surface area contributed by atoms with Crippen molar-refractivity contribution in [3.63, 3.8) is 0 Å². The van der Waals surface area contributed by atoms with Crippen LogP contribution in [0.4, 0.5) is 0 Å². The van der Waals surface area contributed by atoms with Gasteiger partial charge in [0.2, 0.25) is 5.35 Å². The maximum atomic E-state index is 2.25. The van der Waals surface area contributed by atoms with Crippen molar-refractivity contribution >= 4 is 5.70 Å². The van der Waals surface area contributed by atoms with Crippen molar-refractivity contribution in [1.82, 2.24) is 4.90 Å². The third-order valence-corrected chi connectivity index (χ3v) is 2.57. The fourth-order valence-corrected chi connectivity index (χ4v) is 1.88. The lowest BCUT2D eigenvalue weighted by Gasteiger charge is -2.20. The minimum atomic E-state index is 0.942. The summed E-state index contributed by atoms with van der Waals surface area (Å²) in [5.41, 5.74) is 1.27. The van der Waals surface area contributed by atoms with Crippen molar-refractivity contribution in [2.24, 2.45) is 0 Å². The van der Waals surface area contributed by atoms with Crippen LogP contribution in [-0.4, -0.2) is 11.4 Å². The molecule has 14 heavy (non-hydrogen) atoms. The molecule has 2 aliphatic rings. The molecule has 0 spiro atoms. The fraction of sp³-hybridized carbons (Fsp3) is 0.0833. The maximum absolute atomic E-state index is 2.25. The third kappa shape index (κ3) is 1.01. The molecule has 1 aromatic rings. The summed E-state index contributed by atoms with van der Waals surface area (Å²) in [6, 6.07) is 6.27. The molecule has 0 fully saturated rings. The largest absolute Gasteiger partial charge is 0.333 e. The van der Waals surface area contributed by atoms with Crippen LogP contribution in [-0.2, 0) is 0 Å². The van der Waals surface area contributed by atoms with Gasteiger partial charge in [-0.15, -0.1) is 0 Å². The average molecular weight is 183 g/mol. The average Bonchev–Trinajstić information content (AvgIpc) is 2.29. The van der Waals surface area contributed by atoms with Crippen LogP contribution >= 0.6 is 0 Å². The molecule has 1 aromatic heterocycles. The number of hydrogen-bond donors (Lipinski definition) is 0. The predicted molar refractivity (Wildman–Crippen MR) is 54.4 cm³/mol. The molecule has 0 radical (unpaired) electrons. The SMILES string of the molecule is C1=CC2=c3cccc[n+]3=CCN2C=C1. The number of fused-ring (bicyclic) bond motifs is 2. The van der Waals surface area contributed by atoms with Crippen molar-refractivity contribution in [3.05, 3.63) is 60.4 Å². The molecule has 0 amide bonds. The van der Waals surface area contributed by atoms with E-state index < -0.39 is 0 Å². The van der Waals surface area contributed by atoms with E-state index in [0.717, 1.165) is 6.54 Å². The standard InChI is InChI=1S/C12H11N2/c1-3-7-13-9-10-14-8-4-2-6-12(14)11(13)5-1/h1-9H,10H2/q+1. The van der Waals surface area contributed by atoms with Gasteiger partial charge < -0.3 is 4.90 Å². The first-order chi connectivity index (χ1) is 6.95. The van der Waals surface area contributed by atoms with Gasteiger partial charge in [0.05, 0.1) is 0 Å². The lowest BCUT2D eigenvalue weighted by Crippen LogP contribution is -2.46. The van der Waals surface area contributed by atoms with Crippen LogP contribution in [0.5, 0.6) is 0 Å². The molecule has 3 heterocycles. The summed E-state index contributed by atoms with van der Waals surface area (Å²) in [6.45, 7) is 0.942. The summed E-state index contributed by atoms with van der Waals surface area (Å²) in [7, 11) is 0. The molecule has 0 aliphatic carbocycles. The zero-order chi connectivity index (χ0) is 9.38. The number of rotatable bonds is 0. The monoisotopic (exact) mass is 183 g/mol. The molecule has 0 atom stereocenters. The van der Waals surface area contributed by atoms with Gasteiger partial charge >= 0.3 is 0 Å². The Morgan fingerprint density at radius 2 is 2.21 bits per heavy atom. The van der Waals surface area contributed by atoms with E-state index in [1.165, 1.54) is 11.0 Å². The Hall–Kier alpha value is -1.83. The Morgan fingerprint density at radius 1 is 1.21 bits per heavy atom. The van der Waals surface area contributed by atoms with Crippen LogP contribution in [0.2, 0.25) is 0 Å². The summed E-state index contributed by atoms with van der Waals surface area (Å²) in [5.74, 6) is 0. The zero-order valence-corrected chi connectivity index (χ0v) is 7.80. The molecular weight excluding hydrogens is 172 g/mol. The van der Waals surface area contributed by atoms with Crippen LogP contribution in [0.25, 0.3) is 5.70 Å². The summed E-state index contributed by atoms with van der Waals surface area (Å²) < 4.78 is 2.18.